The Labute approximate surface area is 282 Å². The summed E-state index contributed by atoms with van der Waals surface area (Å²) in [5.41, 5.74) is 2.86. The highest BCUT2D eigenvalue weighted by Crippen LogP contribution is 2.38. The summed E-state index contributed by atoms with van der Waals surface area (Å²) < 4.78 is 16.8. The molecular weight excluding hydrogens is 626 g/mol. The number of hydrogen-bond acceptors (Lipinski definition) is 11. The second kappa shape index (κ2) is 12.8. The molecule has 0 unspecified atom stereocenters. The van der Waals surface area contributed by atoms with Gasteiger partial charge in [-0.2, -0.15) is 5.10 Å². The van der Waals surface area contributed by atoms with Gasteiger partial charge in [0.15, 0.2) is 22.9 Å². The van der Waals surface area contributed by atoms with Crippen LogP contribution in [-0.4, -0.2) is 112 Å². The molecule has 250 valence electrons. The third kappa shape index (κ3) is 6.00. The Balaban J connectivity index is 0.869. The van der Waals surface area contributed by atoms with E-state index in [-0.39, 0.29) is 25.2 Å². The molecule has 1 atom stereocenters. The minimum Gasteiger partial charge on any atom is -0.454 e. The maximum absolute atomic E-state index is 13.7. The van der Waals surface area contributed by atoms with Crippen LogP contribution in [0.3, 0.4) is 0 Å². The number of aromatic nitrogens is 5. The van der Waals surface area contributed by atoms with Crippen LogP contribution < -0.4 is 19.7 Å². The molecule has 49 heavy (non-hydrogen) atoms. The highest BCUT2D eigenvalue weighted by Gasteiger charge is 2.45. The smallest absolute Gasteiger partial charge is 0.258 e. The summed E-state index contributed by atoms with van der Waals surface area (Å²) in [5, 5.41) is 11.5. The molecule has 2 amide bonds. The molecule has 0 saturated carbocycles. The minimum absolute atomic E-state index is 0.0398. The molecule has 2 N–H and O–H groups in total. The fourth-order valence-electron chi connectivity index (χ4n) is 6.67. The Morgan fingerprint density at radius 3 is 2.55 bits per heavy atom. The van der Waals surface area contributed by atoms with Gasteiger partial charge in [0.05, 0.1) is 12.1 Å². The van der Waals surface area contributed by atoms with Crippen molar-refractivity contribution in [2.45, 2.75) is 12.0 Å². The zero-order chi connectivity index (χ0) is 33.4. The van der Waals surface area contributed by atoms with Crippen molar-refractivity contribution in [3.63, 3.8) is 0 Å². The standard InChI is InChI=1S/C35H35N9O5/c1-47-35(34(46)39-25-5-6-27-26(18-25)32(41-40-27)23-3-7-28-29(17-23)49-22-48-28)9-12-42(21-35)20-31(45)44-15-13-43(14-16-44)30-8-4-24(19-38-30)33-36-10-2-11-37-33/h2-8,10-11,17-19H,9,12-16,20-22H2,1H3,(H,39,46)(H,40,41)/t35-/m0/s1. The van der Waals surface area contributed by atoms with E-state index in [9.17, 15) is 9.59 Å². The van der Waals surface area contributed by atoms with Crippen molar-refractivity contribution in [1.82, 2.24) is 34.9 Å². The van der Waals surface area contributed by atoms with Crippen LogP contribution in [-0.2, 0) is 14.3 Å². The van der Waals surface area contributed by atoms with Gasteiger partial charge < -0.3 is 29.3 Å². The third-order valence-corrected chi connectivity index (χ3v) is 9.47. The molecular formula is C35H35N9O5. The Bertz CT molecular complexity index is 2000. The lowest BCUT2D eigenvalue weighted by molar-refractivity contribution is -0.138. The molecule has 8 rings (SSSR count). The average Bonchev–Trinajstić information content (AvgIpc) is 3.91. The number of likely N-dealkylation sites (tertiary alicyclic amines) is 1. The second-order valence-electron chi connectivity index (χ2n) is 12.4. The first kappa shape index (κ1) is 30.7. The average molecular weight is 662 g/mol. The van der Waals surface area contributed by atoms with Crippen molar-refractivity contribution >= 4 is 34.2 Å². The molecule has 3 aromatic heterocycles. The number of hydrogen-bond donors (Lipinski definition) is 2. The lowest BCUT2D eigenvalue weighted by Crippen LogP contribution is -2.52. The summed E-state index contributed by atoms with van der Waals surface area (Å²) >= 11 is 0. The van der Waals surface area contributed by atoms with Gasteiger partial charge in [0.2, 0.25) is 12.7 Å². The van der Waals surface area contributed by atoms with Gasteiger partial charge in [-0.1, -0.05) is 0 Å². The summed E-state index contributed by atoms with van der Waals surface area (Å²) in [6.45, 7) is 3.87. The van der Waals surface area contributed by atoms with Gasteiger partial charge >= 0.3 is 0 Å². The fraction of sp³-hybridized carbons (Fsp3) is 0.314. The molecule has 3 aliphatic heterocycles. The maximum Gasteiger partial charge on any atom is 0.258 e. The van der Waals surface area contributed by atoms with Crippen molar-refractivity contribution in [1.29, 1.82) is 0 Å². The van der Waals surface area contributed by atoms with E-state index in [1.807, 2.05) is 58.3 Å². The zero-order valence-electron chi connectivity index (χ0n) is 27.0. The number of methoxy groups -OCH3 is 1. The van der Waals surface area contributed by atoms with E-state index in [0.717, 1.165) is 33.5 Å². The molecule has 0 aliphatic carbocycles. The number of piperazine rings is 1. The molecule has 0 radical (unpaired) electrons. The summed E-state index contributed by atoms with van der Waals surface area (Å²) in [7, 11) is 1.55. The Hall–Kier alpha value is -5.60. The van der Waals surface area contributed by atoms with Crippen molar-refractivity contribution in [2.75, 3.05) is 69.9 Å². The van der Waals surface area contributed by atoms with Crippen LogP contribution in [0, 0.1) is 0 Å². The summed E-state index contributed by atoms with van der Waals surface area (Å²) in [6.07, 6.45) is 5.67. The predicted octanol–water partition coefficient (Wildman–Crippen LogP) is 3.19. The Morgan fingerprint density at radius 1 is 0.939 bits per heavy atom. The van der Waals surface area contributed by atoms with Crippen molar-refractivity contribution in [3.05, 3.63) is 73.2 Å². The molecule has 2 fully saturated rings. The number of aromatic amines is 1. The highest BCUT2D eigenvalue weighted by molar-refractivity contribution is 6.01. The number of anilines is 2. The van der Waals surface area contributed by atoms with Gasteiger partial charge in [0.25, 0.3) is 5.91 Å². The van der Waals surface area contributed by atoms with Crippen molar-refractivity contribution in [3.8, 4) is 34.1 Å². The molecule has 5 aromatic rings. The van der Waals surface area contributed by atoms with Gasteiger partial charge in [0.1, 0.15) is 11.5 Å². The van der Waals surface area contributed by atoms with Gasteiger partial charge in [-0.15, -0.1) is 0 Å². The first-order chi connectivity index (χ1) is 24.0. The normalized spacial score (nSPS) is 19.0. The van der Waals surface area contributed by atoms with Crippen molar-refractivity contribution in [2.24, 2.45) is 0 Å². The monoisotopic (exact) mass is 661 g/mol. The SMILES string of the molecule is CO[C@@]1(C(=O)Nc2ccc3[nH]nc(-c4ccc5c(c4)OCO5)c3c2)CCN(CC(=O)N2CCN(c3ccc(-c4ncccn4)cn3)CC2)C1. The minimum atomic E-state index is -1.08. The predicted molar refractivity (Wildman–Crippen MR) is 181 cm³/mol. The summed E-state index contributed by atoms with van der Waals surface area (Å²) in [5.74, 6) is 2.66. The van der Waals surface area contributed by atoms with Crippen LogP contribution in [0.1, 0.15) is 6.42 Å². The zero-order valence-corrected chi connectivity index (χ0v) is 27.0. The first-order valence-electron chi connectivity index (χ1n) is 16.2. The third-order valence-electron chi connectivity index (χ3n) is 9.47. The number of amides is 2. The van der Waals surface area contributed by atoms with E-state index in [4.69, 9.17) is 14.2 Å². The van der Waals surface area contributed by atoms with Crippen LogP contribution >= 0.6 is 0 Å². The lowest BCUT2D eigenvalue weighted by Gasteiger charge is -2.36. The number of nitrogens with zero attached hydrogens (tertiary/aromatic N) is 7. The molecule has 0 spiro atoms. The number of ether oxygens (including phenoxy) is 3. The number of carbonyl (C=O) groups excluding carboxylic acids is 2. The van der Waals surface area contributed by atoms with E-state index in [2.05, 4.69) is 35.4 Å². The quantitative estimate of drug-likeness (QED) is 0.252. The number of H-pyrrole nitrogens is 1. The van der Waals surface area contributed by atoms with Crippen LogP contribution in [0.2, 0.25) is 0 Å². The first-order valence-corrected chi connectivity index (χ1v) is 16.2. The summed E-state index contributed by atoms with van der Waals surface area (Å²) in [4.78, 5) is 46.3. The van der Waals surface area contributed by atoms with Crippen LogP contribution in [0.15, 0.2) is 73.2 Å². The topological polar surface area (TPSA) is 151 Å². The molecule has 14 nitrogen and oxygen atoms in total. The second-order valence-corrected chi connectivity index (χ2v) is 12.4. The molecule has 14 heteroatoms. The van der Waals surface area contributed by atoms with E-state index < -0.39 is 5.60 Å². The molecule has 0 bridgehead atoms. The van der Waals surface area contributed by atoms with Gasteiger partial charge in [-0.3, -0.25) is 19.6 Å². The van der Waals surface area contributed by atoms with Crippen LogP contribution in [0.4, 0.5) is 11.5 Å². The van der Waals surface area contributed by atoms with E-state index in [0.29, 0.717) is 68.7 Å². The summed E-state index contributed by atoms with van der Waals surface area (Å²) in [6, 6.07) is 17.0. The molecule has 6 heterocycles. The highest BCUT2D eigenvalue weighted by atomic mass is 16.7. The van der Waals surface area contributed by atoms with Crippen LogP contribution in [0.5, 0.6) is 11.5 Å². The molecule has 3 aliphatic rings. The lowest BCUT2D eigenvalue weighted by atomic mass is 10.0. The number of benzene rings is 2. The number of rotatable bonds is 8. The van der Waals surface area contributed by atoms with Gasteiger partial charge in [0, 0.05) is 87.2 Å². The number of nitrogens with one attached hydrogen (secondary N) is 2. The van der Waals surface area contributed by atoms with Gasteiger partial charge in [-0.05, 0) is 61.0 Å². The molecule has 2 aromatic carbocycles. The van der Waals surface area contributed by atoms with E-state index in [1.165, 1.54) is 0 Å². The largest absolute Gasteiger partial charge is 0.454 e. The molecule has 2 saturated heterocycles. The fourth-order valence-corrected chi connectivity index (χ4v) is 6.67. The number of fused-ring (bicyclic) bond motifs is 2. The van der Waals surface area contributed by atoms with Crippen molar-refractivity contribution < 1.29 is 23.8 Å². The van der Waals surface area contributed by atoms with Gasteiger partial charge in [-0.25, -0.2) is 15.0 Å². The Kier molecular flexibility index (Phi) is 8.01. The van der Waals surface area contributed by atoms with Crippen LogP contribution in [0.25, 0.3) is 33.5 Å². The Morgan fingerprint density at radius 2 is 1.76 bits per heavy atom. The maximum atomic E-state index is 13.7. The number of pyridine rings is 1. The van der Waals surface area contributed by atoms with E-state index in [1.54, 1.807) is 31.8 Å². The number of carbonyl (C=O) groups is 2. The van der Waals surface area contributed by atoms with E-state index >= 15 is 0 Å².